The molecule has 0 saturated carbocycles. The monoisotopic (exact) mass is 727 g/mol. The molecule has 0 atom stereocenters. The fourth-order valence-corrected chi connectivity index (χ4v) is 8.20. The number of benzene rings is 9. The van der Waals surface area contributed by atoms with E-state index in [4.69, 9.17) is 46.3 Å². The number of rotatable bonds is 6. The summed E-state index contributed by atoms with van der Waals surface area (Å²) in [6, 6.07) is 59.9. The first-order valence-electron chi connectivity index (χ1n) is 19.1. The van der Waals surface area contributed by atoms with Crippen LogP contribution in [0.25, 0.3) is 99.9 Å². The van der Waals surface area contributed by atoms with Gasteiger partial charge in [-0.25, -0.2) is 15.0 Å². The van der Waals surface area contributed by atoms with Crippen molar-refractivity contribution < 1.29 is 0 Å². The Morgan fingerprint density at radius 3 is 1.62 bits per heavy atom. The van der Waals surface area contributed by atoms with E-state index in [1.54, 1.807) is 0 Å². The largest absolute Gasteiger partial charge is 0.208 e. The fourth-order valence-electron chi connectivity index (χ4n) is 8.20. The highest BCUT2D eigenvalue weighted by atomic mass is 15.0. The second-order valence-electron chi connectivity index (χ2n) is 14.4. The predicted molar refractivity (Wildman–Crippen MR) is 247 cm³/mol. The van der Waals surface area contributed by atoms with Crippen LogP contribution in [0.3, 0.4) is 0 Å². The number of hydrogen-bond donors (Lipinski definition) is 0. The van der Waals surface area contributed by atoms with Crippen molar-refractivity contribution in [2.24, 2.45) is 0 Å². The third-order valence-corrected chi connectivity index (χ3v) is 11.0. The molecule has 0 N–H and O–H groups in total. The van der Waals surface area contributed by atoms with Crippen molar-refractivity contribution in [1.29, 1.82) is 0 Å². The van der Waals surface area contributed by atoms with E-state index in [1.165, 1.54) is 0 Å². The molecule has 1 aromatic heterocycles. The molecule has 0 bridgehead atoms. The second kappa shape index (κ2) is 14.5. The van der Waals surface area contributed by atoms with Gasteiger partial charge in [0.25, 0.3) is 0 Å². The summed E-state index contributed by atoms with van der Waals surface area (Å²) in [5, 5.41) is 6.44. The number of nitrogens with zero attached hydrogens (tertiary/aromatic N) is 3. The van der Waals surface area contributed by atoms with Crippen LogP contribution in [0.5, 0.6) is 0 Å². The Morgan fingerprint density at radius 1 is 0.276 bits per heavy atom. The van der Waals surface area contributed by atoms with Gasteiger partial charge in [-0.2, -0.15) is 0 Å². The van der Waals surface area contributed by atoms with Gasteiger partial charge in [-0.3, -0.25) is 0 Å². The average molecular weight is 727 g/mol. The van der Waals surface area contributed by atoms with Crippen molar-refractivity contribution in [1.82, 2.24) is 15.0 Å². The minimum Gasteiger partial charge on any atom is -0.208 e. The first-order chi connectivity index (χ1) is 28.4. The van der Waals surface area contributed by atoms with Crippen LogP contribution >= 0.6 is 0 Å². The van der Waals surface area contributed by atoms with Crippen molar-refractivity contribution >= 4 is 85.6 Å². The van der Waals surface area contributed by atoms with Gasteiger partial charge in [-0.05, 0) is 71.8 Å². The molecule has 0 saturated heterocycles. The lowest BCUT2D eigenvalue weighted by molar-refractivity contribution is 1.08. The van der Waals surface area contributed by atoms with Gasteiger partial charge in [0.15, 0.2) is 17.5 Å². The molecule has 260 valence electrons. The SMILES string of the molecule is [B]c1c([B])c(-c2nc(-c3ccc4ccccc4c3)nc(-c3ccccc3-c3cccc4ccccc34)n2)c([B])c(-c2cccc3c(-c4ccccc4)cccc23)c1[B]. The van der Waals surface area contributed by atoms with E-state index < -0.39 is 0 Å². The van der Waals surface area contributed by atoms with Crippen LogP contribution in [0.1, 0.15) is 0 Å². The van der Waals surface area contributed by atoms with E-state index in [0.717, 1.165) is 71.3 Å². The lowest BCUT2D eigenvalue weighted by Gasteiger charge is -2.24. The van der Waals surface area contributed by atoms with E-state index in [2.05, 4.69) is 97.1 Å². The third-order valence-electron chi connectivity index (χ3n) is 11.0. The molecular formula is C51H29B4N3. The Balaban J connectivity index is 1.23. The van der Waals surface area contributed by atoms with Gasteiger partial charge < -0.3 is 0 Å². The number of hydrogen-bond acceptors (Lipinski definition) is 3. The molecule has 0 aliphatic heterocycles. The van der Waals surface area contributed by atoms with Crippen LogP contribution in [0.4, 0.5) is 0 Å². The molecule has 58 heavy (non-hydrogen) atoms. The van der Waals surface area contributed by atoms with Crippen molar-refractivity contribution in [3.05, 3.63) is 176 Å². The van der Waals surface area contributed by atoms with Crippen molar-refractivity contribution in [3.63, 3.8) is 0 Å². The fraction of sp³-hybridized carbons (Fsp3) is 0. The van der Waals surface area contributed by atoms with Gasteiger partial charge in [-0.15, -0.1) is 5.46 Å². The molecule has 0 unspecified atom stereocenters. The summed E-state index contributed by atoms with van der Waals surface area (Å²) in [5.74, 6) is 1.21. The standard InChI is InChI=1S/C51H29B4N3/c52-45-43(41-26-12-24-37-36(22-11-25-39(37)41)31-14-2-1-3-15-31)46(53)48(55)47(54)44(45)51-57-49(34-28-27-30-13-4-5-17-33(30)29-34)56-50(58-51)42-21-9-8-20-40(42)38-23-10-18-32-16-6-7-19-35(32)38/h1-29H. The third kappa shape index (κ3) is 6.02. The Morgan fingerprint density at radius 2 is 0.810 bits per heavy atom. The van der Waals surface area contributed by atoms with Crippen molar-refractivity contribution in [3.8, 4) is 67.5 Å². The Bertz CT molecular complexity index is 3230. The molecule has 10 rings (SSSR count). The summed E-state index contributed by atoms with van der Waals surface area (Å²) in [4.78, 5) is 15.5. The van der Waals surface area contributed by atoms with Crippen LogP contribution in [0.2, 0.25) is 0 Å². The Kier molecular flexibility index (Phi) is 8.87. The van der Waals surface area contributed by atoms with Gasteiger partial charge in [-0.1, -0.05) is 186 Å². The normalized spacial score (nSPS) is 11.4. The highest BCUT2D eigenvalue weighted by molar-refractivity contribution is 6.63. The molecule has 0 aliphatic rings. The van der Waals surface area contributed by atoms with Gasteiger partial charge in [0, 0.05) is 16.7 Å². The summed E-state index contributed by atoms with van der Waals surface area (Å²) in [5.41, 5.74) is 8.69. The Hall–Kier alpha value is -6.97. The quantitative estimate of drug-likeness (QED) is 0.161. The molecule has 3 nitrogen and oxygen atoms in total. The summed E-state index contributed by atoms with van der Waals surface area (Å²) in [6.07, 6.45) is 0. The number of aromatic nitrogens is 3. The summed E-state index contributed by atoms with van der Waals surface area (Å²) < 4.78 is 0. The molecule has 9 aromatic carbocycles. The first-order valence-corrected chi connectivity index (χ1v) is 19.1. The van der Waals surface area contributed by atoms with Gasteiger partial charge >= 0.3 is 0 Å². The highest BCUT2D eigenvalue weighted by Gasteiger charge is 2.23. The maximum atomic E-state index is 7.28. The lowest BCUT2D eigenvalue weighted by Crippen LogP contribution is -2.46. The topological polar surface area (TPSA) is 38.7 Å². The van der Waals surface area contributed by atoms with Gasteiger partial charge in [0.05, 0.1) is 0 Å². The summed E-state index contributed by atoms with van der Waals surface area (Å²) in [6.45, 7) is 0. The van der Waals surface area contributed by atoms with Crippen LogP contribution in [-0.4, -0.2) is 46.3 Å². The minimum atomic E-state index is 0.202. The van der Waals surface area contributed by atoms with Crippen LogP contribution in [0, 0.1) is 0 Å². The molecule has 0 fully saturated rings. The van der Waals surface area contributed by atoms with Crippen molar-refractivity contribution in [2.45, 2.75) is 0 Å². The van der Waals surface area contributed by atoms with E-state index in [-0.39, 0.29) is 16.8 Å². The lowest BCUT2D eigenvalue weighted by atomic mass is 9.62. The van der Waals surface area contributed by atoms with Crippen molar-refractivity contribution in [2.75, 3.05) is 0 Å². The maximum Gasteiger partial charge on any atom is 0.164 e. The van der Waals surface area contributed by atoms with Gasteiger partial charge in [0.2, 0.25) is 0 Å². The van der Waals surface area contributed by atoms with E-state index in [1.807, 2.05) is 78.9 Å². The smallest absolute Gasteiger partial charge is 0.164 e. The first kappa shape index (κ1) is 35.4. The van der Waals surface area contributed by atoms with Crippen LogP contribution in [-0.2, 0) is 0 Å². The van der Waals surface area contributed by atoms with Gasteiger partial charge in [0.1, 0.15) is 31.4 Å². The number of fused-ring (bicyclic) bond motifs is 3. The minimum absolute atomic E-state index is 0.202. The Labute approximate surface area is 342 Å². The summed E-state index contributed by atoms with van der Waals surface area (Å²) in [7, 11) is 27.9. The second-order valence-corrected chi connectivity index (χ2v) is 14.4. The van der Waals surface area contributed by atoms with E-state index in [0.29, 0.717) is 33.7 Å². The predicted octanol–water partition coefficient (Wildman–Crippen LogP) is 8.51. The molecule has 7 heteroatoms. The zero-order valence-electron chi connectivity index (χ0n) is 31.4. The maximum absolute atomic E-state index is 7.28. The molecule has 0 amide bonds. The zero-order chi connectivity index (χ0) is 39.3. The average Bonchev–Trinajstić information content (AvgIpc) is 3.28. The molecule has 10 aromatic rings. The van der Waals surface area contributed by atoms with E-state index in [9.17, 15) is 0 Å². The molecule has 0 aliphatic carbocycles. The summed E-state index contributed by atoms with van der Waals surface area (Å²) >= 11 is 0. The zero-order valence-corrected chi connectivity index (χ0v) is 31.4. The van der Waals surface area contributed by atoms with Crippen LogP contribution in [0.15, 0.2) is 176 Å². The molecule has 0 spiro atoms. The highest BCUT2D eigenvalue weighted by Crippen LogP contribution is 2.37. The van der Waals surface area contributed by atoms with E-state index >= 15 is 0 Å². The molecular weight excluding hydrogens is 698 g/mol. The molecule has 1 heterocycles. The molecule has 8 radical (unpaired) electrons. The van der Waals surface area contributed by atoms with Crippen LogP contribution < -0.4 is 21.9 Å².